The highest BCUT2D eigenvalue weighted by atomic mass is 32.2. The smallest absolute Gasteiger partial charge is 0.504 e. The van der Waals surface area contributed by atoms with E-state index in [-0.39, 0.29) is 11.3 Å². The fourth-order valence-electron chi connectivity index (χ4n) is 3.81. The van der Waals surface area contributed by atoms with Crippen molar-refractivity contribution < 1.29 is 13.5 Å². The molecule has 0 heterocycles. The van der Waals surface area contributed by atoms with Crippen molar-refractivity contribution in [3.05, 3.63) is 56.7 Å². The number of aliphatic hydroxyl groups is 1. The lowest BCUT2D eigenvalue weighted by Crippen LogP contribution is -2.10. The van der Waals surface area contributed by atoms with Crippen LogP contribution in [-0.2, 0) is 9.84 Å². The number of hydrogen-bond donors (Lipinski definition) is 1. The van der Waals surface area contributed by atoms with Gasteiger partial charge in [0.05, 0.1) is 4.90 Å². The summed E-state index contributed by atoms with van der Waals surface area (Å²) in [5, 5.41) is 19.1. The Bertz CT molecular complexity index is 886. The van der Waals surface area contributed by atoms with E-state index in [9.17, 15) is 18.9 Å². The predicted molar refractivity (Wildman–Crippen MR) is 124 cm³/mol. The maximum absolute atomic E-state index is 13.0. The first-order valence-corrected chi connectivity index (χ1v) is 12.4. The highest BCUT2D eigenvalue weighted by Gasteiger charge is 2.39. The summed E-state index contributed by atoms with van der Waals surface area (Å²) in [5.41, 5.74) is 3.03. The molecule has 5 nitrogen and oxygen atoms in total. The largest absolute Gasteiger partial charge is 0.515 e. The van der Waals surface area contributed by atoms with Gasteiger partial charge in [-0.25, -0.2) is 8.42 Å². The van der Waals surface area contributed by atoms with E-state index in [2.05, 4.69) is 18.5 Å². The van der Waals surface area contributed by atoms with E-state index >= 15 is 0 Å². The Kier molecular flexibility index (Phi) is 10.8. The highest BCUT2D eigenvalue weighted by molar-refractivity contribution is 7.95. The van der Waals surface area contributed by atoms with E-state index in [0.29, 0.717) is 17.5 Å². The summed E-state index contributed by atoms with van der Waals surface area (Å²) < 4.78 is 26.1. The second kappa shape index (κ2) is 12.5. The summed E-state index contributed by atoms with van der Waals surface area (Å²) in [6.45, 7) is 11.5. The van der Waals surface area contributed by atoms with E-state index in [0.717, 1.165) is 30.4 Å². The van der Waals surface area contributed by atoms with Crippen LogP contribution in [0.25, 0.3) is 4.98 Å². The summed E-state index contributed by atoms with van der Waals surface area (Å²) in [6.07, 6.45) is 9.92. The van der Waals surface area contributed by atoms with Crippen molar-refractivity contribution in [3.63, 3.8) is 0 Å². The van der Waals surface area contributed by atoms with Gasteiger partial charge in [0.15, 0.2) is 4.98 Å². The second-order valence-electron chi connectivity index (χ2n) is 8.20. The van der Waals surface area contributed by atoms with Crippen molar-refractivity contribution in [1.82, 2.24) is 0 Å². The molecule has 0 spiro atoms. The maximum Gasteiger partial charge on any atom is 0.515 e. The molecule has 0 amide bonds. The van der Waals surface area contributed by atoms with Crippen LogP contribution in [0.3, 0.4) is 0 Å². The number of nitrogens with zero attached hydrogens (tertiary/aromatic N) is 2. The van der Waals surface area contributed by atoms with Gasteiger partial charge in [-0.3, -0.25) is 0 Å². The summed E-state index contributed by atoms with van der Waals surface area (Å²) >= 11 is 0. The van der Waals surface area contributed by atoms with Crippen LogP contribution >= 0.6 is 0 Å². The van der Waals surface area contributed by atoms with Crippen LogP contribution in [0.5, 0.6) is 0 Å². The van der Waals surface area contributed by atoms with Crippen LogP contribution in [0.2, 0.25) is 0 Å². The number of hydrogen-bond acceptors (Lipinski definition) is 4. The van der Waals surface area contributed by atoms with Crippen LogP contribution < -0.4 is 0 Å². The third kappa shape index (κ3) is 7.60. The zero-order valence-electron chi connectivity index (χ0n) is 19.0. The SMILES string of the molecule is C=C(CCCCCCCCC)CC/C(O)=C(\[N+]#N)S(=O)(=O)c1c(C)cc(C)cc1C. The van der Waals surface area contributed by atoms with E-state index in [4.69, 9.17) is 0 Å². The highest BCUT2D eigenvalue weighted by Crippen LogP contribution is 2.30. The third-order valence-electron chi connectivity index (χ3n) is 5.31. The lowest BCUT2D eigenvalue weighted by Gasteiger charge is -2.09. The lowest BCUT2D eigenvalue weighted by atomic mass is 10.0. The number of allylic oxidation sites excluding steroid dienone is 2. The van der Waals surface area contributed by atoms with Gasteiger partial charge in [-0.05, 0) is 51.2 Å². The van der Waals surface area contributed by atoms with Gasteiger partial charge in [0.25, 0.3) is 9.84 Å². The Morgan fingerprint density at radius 2 is 1.50 bits per heavy atom. The Balaban J connectivity index is 2.75. The van der Waals surface area contributed by atoms with Gasteiger partial charge < -0.3 is 5.11 Å². The number of aliphatic hydroxyl groups excluding tert-OH is 1. The summed E-state index contributed by atoms with van der Waals surface area (Å²) in [5.74, 6) is -0.433. The average molecular weight is 434 g/mol. The molecule has 1 rings (SSSR count). The summed E-state index contributed by atoms with van der Waals surface area (Å²) in [7, 11) is -4.13. The van der Waals surface area contributed by atoms with Crippen molar-refractivity contribution in [2.45, 2.75) is 96.8 Å². The standard InChI is InChI=1S/C24H36N2O3S/c1-6-7-8-9-10-11-12-13-18(2)14-15-22(27)24(26-25)30(28,29)23-20(4)16-19(3)17-21(23)5/h16-17H,2,6-15H2,1,3-5H3/p+1/b24-22-. The van der Waals surface area contributed by atoms with Crippen LogP contribution in [0, 0.1) is 26.2 Å². The molecule has 0 bridgehead atoms. The van der Waals surface area contributed by atoms with Gasteiger partial charge in [-0.15, -0.1) is 0 Å². The fourth-order valence-corrected chi connectivity index (χ4v) is 5.49. The van der Waals surface area contributed by atoms with Crippen LogP contribution in [0.15, 0.2) is 40.0 Å². The van der Waals surface area contributed by atoms with Crippen molar-refractivity contribution in [2.24, 2.45) is 0 Å². The number of diazo groups is 1. The van der Waals surface area contributed by atoms with Gasteiger partial charge in [-0.2, -0.15) is 0 Å². The Morgan fingerprint density at radius 1 is 0.967 bits per heavy atom. The molecule has 0 atom stereocenters. The van der Waals surface area contributed by atoms with Crippen molar-refractivity contribution in [2.75, 3.05) is 0 Å². The Labute approximate surface area is 182 Å². The van der Waals surface area contributed by atoms with Gasteiger partial charge >= 0.3 is 5.03 Å². The maximum atomic E-state index is 13.0. The quantitative estimate of drug-likeness (QED) is 0.152. The normalized spacial score (nSPS) is 12.4. The van der Waals surface area contributed by atoms with Gasteiger partial charge in [-0.1, -0.05) is 75.3 Å². The van der Waals surface area contributed by atoms with E-state index < -0.39 is 20.6 Å². The lowest BCUT2D eigenvalue weighted by molar-refractivity contribution is 0.384. The number of unbranched alkanes of at least 4 members (excludes halogenated alkanes) is 6. The molecule has 30 heavy (non-hydrogen) atoms. The van der Waals surface area contributed by atoms with Crippen LogP contribution in [0.4, 0.5) is 0 Å². The monoisotopic (exact) mass is 433 g/mol. The average Bonchev–Trinajstić information content (AvgIpc) is 2.64. The molecule has 0 aromatic heterocycles. The van der Waals surface area contributed by atoms with E-state index in [1.807, 2.05) is 6.92 Å². The molecule has 0 aliphatic carbocycles. The number of benzene rings is 1. The molecule has 1 N–H and O–H groups in total. The number of rotatable bonds is 13. The molecule has 1 aromatic rings. The van der Waals surface area contributed by atoms with Crippen LogP contribution in [0.1, 0.15) is 87.8 Å². The number of aryl methyl sites for hydroxylation is 3. The molecular weight excluding hydrogens is 396 g/mol. The molecule has 0 unspecified atom stereocenters. The Morgan fingerprint density at radius 3 is 2.03 bits per heavy atom. The molecule has 0 saturated carbocycles. The first kappa shape index (κ1) is 25.9. The third-order valence-corrected chi connectivity index (χ3v) is 7.32. The van der Waals surface area contributed by atoms with Gasteiger partial charge in [0.1, 0.15) is 0 Å². The minimum absolute atomic E-state index is 0.0781. The predicted octanol–water partition coefficient (Wildman–Crippen LogP) is 7.44. The summed E-state index contributed by atoms with van der Waals surface area (Å²) in [4.78, 5) is 3.02. The molecular formula is C24H37N2O3S+. The number of sulfone groups is 1. The molecule has 6 heteroatoms. The molecule has 0 saturated heterocycles. The topological polar surface area (TPSA) is 82.5 Å². The van der Waals surface area contributed by atoms with Crippen molar-refractivity contribution in [1.29, 1.82) is 5.39 Å². The van der Waals surface area contributed by atoms with E-state index in [1.165, 1.54) is 32.1 Å². The first-order chi connectivity index (χ1) is 14.1. The minimum atomic E-state index is -4.13. The Hall–Kier alpha value is -2.13. The second-order valence-corrected chi connectivity index (χ2v) is 10.0. The fraction of sp³-hybridized carbons (Fsp3) is 0.583. The molecule has 0 radical (unpaired) electrons. The molecule has 0 fully saturated rings. The van der Waals surface area contributed by atoms with Crippen LogP contribution in [-0.4, -0.2) is 13.5 Å². The van der Waals surface area contributed by atoms with Gasteiger partial charge in [0, 0.05) is 6.42 Å². The van der Waals surface area contributed by atoms with E-state index in [1.54, 1.807) is 26.0 Å². The zero-order valence-corrected chi connectivity index (χ0v) is 19.8. The van der Waals surface area contributed by atoms with Gasteiger partial charge in [0.2, 0.25) is 11.2 Å². The molecule has 0 aliphatic heterocycles. The summed E-state index contributed by atoms with van der Waals surface area (Å²) in [6, 6.07) is 3.52. The molecule has 166 valence electrons. The molecule has 1 aromatic carbocycles. The molecule has 0 aliphatic rings. The van der Waals surface area contributed by atoms with Crippen molar-refractivity contribution >= 4 is 9.84 Å². The first-order valence-electron chi connectivity index (χ1n) is 10.9. The zero-order chi connectivity index (χ0) is 22.7. The minimum Gasteiger partial charge on any atom is -0.504 e. The van der Waals surface area contributed by atoms with Crippen molar-refractivity contribution in [3.8, 4) is 0 Å².